The minimum Gasteiger partial charge on any atom is -0.341 e. The van der Waals surface area contributed by atoms with Crippen LogP contribution in [0.1, 0.15) is 19.3 Å². The Morgan fingerprint density at radius 2 is 2.40 bits per heavy atom. The van der Waals surface area contributed by atoms with E-state index in [9.17, 15) is 4.79 Å². The normalized spacial score (nSPS) is 26.5. The van der Waals surface area contributed by atoms with Crippen LogP contribution < -0.4 is 5.73 Å². The molecule has 1 saturated heterocycles. The first-order valence-corrected chi connectivity index (χ1v) is 3.79. The largest absolute Gasteiger partial charge is 0.341 e. The number of carbonyl (C=O) groups is 1. The number of hydrogen-bond donors (Lipinski definition) is 1. The van der Waals surface area contributed by atoms with E-state index in [1.165, 1.54) is 6.42 Å². The van der Waals surface area contributed by atoms with Crippen LogP contribution in [0.15, 0.2) is 0 Å². The van der Waals surface area contributed by atoms with Crippen molar-refractivity contribution >= 4 is 6.41 Å². The Morgan fingerprint density at radius 3 is 2.90 bits per heavy atom. The first-order chi connectivity index (χ1) is 4.88. The van der Waals surface area contributed by atoms with Gasteiger partial charge in [0, 0.05) is 19.1 Å². The molecule has 0 aromatic rings. The van der Waals surface area contributed by atoms with Crippen molar-refractivity contribution in [2.24, 2.45) is 5.73 Å². The van der Waals surface area contributed by atoms with Crippen LogP contribution in [0.4, 0.5) is 0 Å². The Balaban J connectivity index is 2.41. The molecule has 10 heavy (non-hydrogen) atoms. The van der Waals surface area contributed by atoms with Gasteiger partial charge >= 0.3 is 0 Å². The lowest BCUT2D eigenvalue weighted by molar-refractivity contribution is -0.121. The molecule has 0 saturated carbocycles. The van der Waals surface area contributed by atoms with E-state index >= 15 is 0 Å². The first-order valence-electron chi connectivity index (χ1n) is 3.79. The summed E-state index contributed by atoms with van der Waals surface area (Å²) in [6, 6.07) is 0.311. The second-order valence-electron chi connectivity index (χ2n) is 2.73. The number of likely N-dealkylation sites (tertiary alicyclic amines) is 1. The molecule has 1 fully saturated rings. The van der Waals surface area contributed by atoms with Gasteiger partial charge < -0.3 is 10.6 Å². The van der Waals surface area contributed by atoms with Crippen molar-refractivity contribution in [1.29, 1.82) is 0 Å². The summed E-state index contributed by atoms with van der Waals surface area (Å²) in [7, 11) is 0. The summed E-state index contributed by atoms with van der Waals surface area (Å²) < 4.78 is 0. The fraction of sp³-hybridized carbons (Fsp3) is 0.857. The Hall–Kier alpha value is -0.570. The number of nitrogens with two attached hydrogens (primary N) is 1. The third-order valence-electron chi connectivity index (χ3n) is 2.08. The molecule has 1 amide bonds. The average molecular weight is 142 g/mol. The molecular weight excluding hydrogens is 128 g/mol. The number of amides is 1. The third-order valence-corrected chi connectivity index (χ3v) is 2.08. The molecule has 1 rings (SSSR count). The van der Waals surface area contributed by atoms with E-state index in [-0.39, 0.29) is 0 Å². The lowest BCUT2D eigenvalue weighted by Crippen LogP contribution is -2.42. The minimum absolute atomic E-state index is 0.311. The molecule has 3 nitrogen and oxygen atoms in total. The highest BCUT2D eigenvalue weighted by atomic mass is 16.1. The second kappa shape index (κ2) is 3.56. The number of rotatable bonds is 2. The van der Waals surface area contributed by atoms with Gasteiger partial charge in [0.2, 0.25) is 6.41 Å². The molecule has 0 spiro atoms. The Labute approximate surface area is 61.2 Å². The van der Waals surface area contributed by atoms with Gasteiger partial charge in [0.15, 0.2) is 0 Å². The SMILES string of the molecule is NC[C@@H]1CCCCN1C=O. The second-order valence-corrected chi connectivity index (χ2v) is 2.73. The average Bonchev–Trinajstić information content (AvgIpc) is 2.04. The number of piperidine rings is 1. The molecule has 1 atom stereocenters. The van der Waals surface area contributed by atoms with E-state index < -0.39 is 0 Å². The zero-order valence-corrected chi connectivity index (χ0v) is 6.12. The number of hydrogen-bond acceptors (Lipinski definition) is 2. The topological polar surface area (TPSA) is 46.3 Å². The summed E-state index contributed by atoms with van der Waals surface area (Å²) in [6.07, 6.45) is 4.34. The van der Waals surface area contributed by atoms with Gasteiger partial charge in [-0.2, -0.15) is 0 Å². The van der Waals surface area contributed by atoms with Gasteiger partial charge in [0.1, 0.15) is 0 Å². The van der Waals surface area contributed by atoms with E-state index in [2.05, 4.69) is 0 Å². The van der Waals surface area contributed by atoms with Gasteiger partial charge in [-0.3, -0.25) is 4.79 Å². The minimum atomic E-state index is 0.311. The molecule has 0 aliphatic carbocycles. The monoisotopic (exact) mass is 142 g/mol. The van der Waals surface area contributed by atoms with Crippen LogP contribution in [0.2, 0.25) is 0 Å². The van der Waals surface area contributed by atoms with Crippen LogP contribution in [0, 0.1) is 0 Å². The third kappa shape index (κ3) is 1.48. The Morgan fingerprint density at radius 1 is 1.60 bits per heavy atom. The molecule has 0 aromatic heterocycles. The molecule has 58 valence electrons. The van der Waals surface area contributed by atoms with Gasteiger partial charge in [-0.05, 0) is 19.3 Å². The van der Waals surface area contributed by atoms with Gasteiger partial charge in [0.05, 0.1) is 0 Å². The molecule has 1 aliphatic heterocycles. The van der Waals surface area contributed by atoms with Crippen molar-refractivity contribution in [1.82, 2.24) is 4.90 Å². The smallest absolute Gasteiger partial charge is 0.209 e. The molecule has 0 radical (unpaired) electrons. The van der Waals surface area contributed by atoms with Gasteiger partial charge in [-0.15, -0.1) is 0 Å². The maximum Gasteiger partial charge on any atom is 0.209 e. The molecule has 1 heterocycles. The van der Waals surface area contributed by atoms with Crippen molar-refractivity contribution < 1.29 is 4.79 Å². The maximum atomic E-state index is 10.4. The van der Waals surface area contributed by atoms with Crippen LogP contribution >= 0.6 is 0 Å². The fourth-order valence-corrected chi connectivity index (χ4v) is 1.41. The summed E-state index contributed by atoms with van der Waals surface area (Å²) >= 11 is 0. The van der Waals surface area contributed by atoms with Crippen LogP contribution in [-0.2, 0) is 4.79 Å². The van der Waals surface area contributed by atoms with Crippen molar-refractivity contribution in [3.8, 4) is 0 Å². The van der Waals surface area contributed by atoms with E-state index in [1.807, 2.05) is 4.90 Å². The lowest BCUT2D eigenvalue weighted by Gasteiger charge is -2.31. The van der Waals surface area contributed by atoms with E-state index in [0.29, 0.717) is 12.6 Å². The quantitative estimate of drug-likeness (QED) is 0.550. The molecular formula is C7H14N2O. The molecule has 0 aromatic carbocycles. The van der Waals surface area contributed by atoms with Crippen LogP contribution in [0.25, 0.3) is 0 Å². The summed E-state index contributed by atoms with van der Waals surface area (Å²) in [5.74, 6) is 0. The highest BCUT2D eigenvalue weighted by Crippen LogP contribution is 2.13. The Kier molecular flexibility index (Phi) is 2.68. The van der Waals surface area contributed by atoms with Crippen molar-refractivity contribution in [3.63, 3.8) is 0 Å². The van der Waals surface area contributed by atoms with Crippen LogP contribution in [0.3, 0.4) is 0 Å². The number of nitrogens with zero attached hydrogens (tertiary/aromatic N) is 1. The predicted octanol–water partition coefficient (Wildman–Crippen LogP) is -0.0440. The van der Waals surface area contributed by atoms with Crippen LogP contribution in [0.5, 0.6) is 0 Å². The predicted molar refractivity (Wildman–Crippen MR) is 39.5 cm³/mol. The standard InChI is InChI=1S/C7H14N2O/c8-5-7-3-1-2-4-9(7)6-10/h6-7H,1-5,8H2/t7-/m0/s1. The zero-order chi connectivity index (χ0) is 7.40. The van der Waals surface area contributed by atoms with Crippen LogP contribution in [-0.4, -0.2) is 30.4 Å². The summed E-state index contributed by atoms with van der Waals surface area (Å²) in [5, 5.41) is 0. The van der Waals surface area contributed by atoms with E-state index in [0.717, 1.165) is 25.8 Å². The zero-order valence-electron chi connectivity index (χ0n) is 6.12. The lowest BCUT2D eigenvalue weighted by atomic mass is 10.0. The van der Waals surface area contributed by atoms with Crippen molar-refractivity contribution in [3.05, 3.63) is 0 Å². The molecule has 2 N–H and O–H groups in total. The first kappa shape index (κ1) is 7.54. The van der Waals surface area contributed by atoms with E-state index in [4.69, 9.17) is 5.73 Å². The molecule has 0 unspecified atom stereocenters. The Bertz CT molecular complexity index is 116. The fourth-order valence-electron chi connectivity index (χ4n) is 1.41. The molecule has 1 aliphatic rings. The summed E-state index contributed by atoms with van der Waals surface area (Å²) in [6.45, 7) is 1.50. The van der Waals surface area contributed by atoms with E-state index in [1.54, 1.807) is 0 Å². The highest BCUT2D eigenvalue weighted by Gasteiger charge is 2.18. The molecule has 0 bridgehead atoms. The van der Waals surface area contributed by atoms with Gasteiger partial charge in [-0.1, -0.05) is 0 Å². The van der Waals surface area contributed by atoms with Crippen molar-refractivity contribution in [2.75, 3.05) is 13.1 Å². The van der Waals surface area contributed by atoms with Gasteiger partial charge in [-0.25, -0.2) is 0 Å². The summed E-state index contributed by atoms with van der Waals surface area (Å²) in [4.78, 5) is 12.2. The summed E-state index contributed by atoms with van der Waals surface area (Å²) in [5.41, 5.74) is 5.47. The maximum absolute atomic E-state index is 10.4. The molecule has 3 heteroatoms. The highest BCUT2D eigenvalue weighted by molar-refractivity contribution is 5.47. The van der Waals surface area contributed by atoms with Gasteiger partial charge in [0.25, 0.3) is 0 Å². The van der Waals surface area contributed by atoms with Crippen molar-refractivity contribution in [2.45, 2.75) is 25.3 Å². The number of carbonyl (C=O) groups excluding carboxylic acids is 1.